The zero-order valence-electron chi connectivity index (χ0n) is 27.8. The second-order valence-electron chi connectivity index (χ2n) is 11.6. The van der Waals surface area contributed by atoms with Crippen molar-refractivity contribution >= 4 is 27.0 Å². The molecule has 13 heteroatoms. The minimum Gasteiger partial charge on any atom is -0.493 e. The number of nitrogens with one attached hydrogen (secondary N) is 1. The smallest absolute Gasteiger partial charge is 0.303 e. The number of unbranched alkanes of at least 4 members (excludes halogenated alkanes) is 6. The number of aromatic nitrogens is 4. The van der Waals surface area contributed by atoms with Crippen LogP contribution < -0.4 is 10.3 Å². The summed E-state index contributed by atoms with van der Waals surface area (Å²) in [6.45, 7) is 10.1. The number of fused-ring (bicyclic) bond motifs is 1. The molecule has 1 aliphatic heterocycles. The molecule has 0 amide bonds. The zero-order chi connectivity index (χ0) is 33.7. The first-order valence-corrected chi connectivity index (χ1v) is 17.7. The van der Waals surface area contributed by atoms with Gasteiger partial charge in [0.2, 0.25) is 10.0 Å². The number of aromatic amines is 1. The van der Waals surface area contributed by atoms with E-state index in [-0.39, 0.29) is 16.3 Å². The number of carboxylic acids is 1. The van der Waals surface area contributed by atoms with Crippen LogP contribution in [0.25, 0.3) is 22.4 Å². The highest BCUT2D eigenvalue weighted by Crippen LogP contribution is 2.32. The van der Waals surface area contributed by atoms with Gasteiger partial charge in [-0.05, 0) is 57.9 Å². The molecule has 46 heavy (non-hydrogen) atoms. The maximum atomic E-state index is 13.3. The number of carboxylic acid groups (broad SMARTS) is 1. The Labute approximate surface area is 272 Å². The summed E-state index contributed by atoms with van der Waals surface area (Å²) in [5.74, 6) is 0.0432. The lowest BCUT2D eigenvalue weighted by Gasteiger charge is -2.31. The Kier molecular flexibility index (Phi) is 14.4. The Morgan fingerprint density at radius 1 is 1.07 bits per heavy atom. The standard InChI is InChI=1S/C22H30N6O4S.C11H20O2/c1-5-7-17-19-20(27(4)25-17)22(29)24-21(23-19)16-14-15(8-9-18(16)32-6-2)33(30,31)28-12-10-26(3)11-13-28;1-2-3-4-5-6-7-8-9-10-11(12)13/h8-9,14H,5-7,10-13H2,1-4H3,(H,23,24,29);2H,1,3-10H2,(H,12,13). The van der Waals surface area contributed by atoms with E-state index in [1.807, 2.05) is 27.0 Å². The van der Waals surface area contributed by atoms with Crippen LogP contribution in [-0.2, 0) is 28.3 Å². The van der Waals surface area contributed by atoms with E-state index in [4.69, 9.17) is 14.8 Å². The Morgan fingerprint density at radius 2 is 1.74 bits per heavy atom. The van der Waals surface area contributed by atoms with Gasteiger partial charge >= 0.3 is 5.97 Å². The lowest BCUT2D eigenvalue weighted by Crippen LogP contribution is -2.47. The normalized spacial score (nSPS) is 14.2. The first-order chi connectivity index (χ1) is 22.0. The van der Waals surface area contributed by atoms with Crippen LogP contribution in [0.2, 0.25) is 0 Å². The number of likely N-dealkylation sites (N-methyl/N-ethyl adjacent to an activating group) is 1. The van der Waals surface area contributed by atoms with Gasteiger partial charge in [0.25, 0.3) is 5.56 Å². The van der Waals surface area contributed by atoms with Crippen molar-refractivity contribution in [1.82, 2.24) is 29.0 Å². The first kappa shape index (κ1) is 36.9. The van der Waals surface area contributed by atoms with Gasteiger partial charge in [-0.3, -0.25) is 14.3 Å². The van der Waals surface area contributed by atoms with Crippen molar-refractivity contribution in [1.29, 1.82) is 0 Å². The highest BCUT2D eigenvalue weighted by molar-refractivity contribution is 7.89. The molecule has 1 fully saturated rings. The topological polar surface area (TPSA) is 151 Å². The maximum Gasteiger partial charge on any atom is 0.303 e. The van der Waals surface area contributed by atoms with Crippen molar-refractivity contribution in [3.05, 3.63) is 46.9 Å². The zero-order valence-corrected chi connectivity index (χ0v) is 28.6. The third-order valence-corrected chi connectivity index (χ3v) is 9.80. The quantitative estimate of drug-likeness (QED) is 0.160. The monoisotopic (exact) mass is 658 g/mol. The van der Waals surface area contributed by atoms with Gasteiger partial charge < -0.3 is 19.7 Å². The number of H-pyrrole nitrogens is 1. The van der Waals surface area contributed by atoms with Gasteiger partial charge in [-0.2, -0.15) is 9.40 Å². The summed E-state index contributed by atoms with van der Waals surface area (Å²) < 4.78 is 35.4. The highest BCUT2D eigenvalue weighted by atomic mass is 32.2. The number of carbonyl (C=O) groups is 1. The van der Waals surface area contributed by atoms with E-state index < -0.39 is 16.0 Å². The van der Waals surface area contributed by atoms with Gasteiger partial charge in [-0.15, -0.1) is 6.58 Å². The van der Waals surface area contributed by atoms with Gasteiger partial charge in [-0.25, -0.2) is 13.4 Å². The molecule has 0 radical (unpaired) electrons. The number of aliphatic carboxylic acids is 1. The number of aryl methyl sites for hydroxylation is 2. The Morgan fingerprint density at radius 3 is 2.37 bits per heavy atom. The fraction of sp³-hybridized carbons (Fsp3) is 0.576. The SMILES string of the molecule is C=CCCCCCCCCC(=O)O.CCCc1nn(C)c2c(=O)[nH]c(-c3cc(S(=O)(=O)N4CCN(C)CC4)ccc3OCC)nc12. The van der Waals surface area contributed by atoms with Gasteiger partial charge in [0.1, 0.15) is 17.1 Å². The van der Waals surface area contributed by atoms with Gasteiger partial charge in [-0.1, -0.05) is 45.1 Å². The summed E-state index contributed by atoms with van der Waals surface area (Å²) >= 11 is 0. The summed E-state index contributed by atoms with van der Waals surface area (Å²) in [5, 5.41) is 12.8. The molecule has 3 aromatic rings. The second-order valence-corrected chi connectivity index (χ2v) is 13.5. The van der Waals surface area contributed by atoms with Gasteiger partial charge in [0.05, 0.1) is 22.8 Å². The molecular weight excluding hydrogens is 608 g/mol. The van der Waals surface area contributed by atoms with Crippen LogP contribution in [0.3, 0.4) is 0 Å². The fourth-order valence-electron chi connectivity index (χ4n) is 5.37. The van der Waals surface area contributed by atoms with Crippen LogP contribution >= 0.6 is 0 Å². The lowest BCUT2D eigenvalue weighted by atomic mass is 10.1. The van der Waals surface area contributed by atoms with Crippen molar-refractivity contribution < 1.29 is 23.1 Å². The highest BCUT2D eigenvalue weighted by Gasteiger charge is 2.29. The van der Waals surface area contributed by atoms with Gasteiger partial charge in [0, 0.05) is 39.6 Å². The van der Waals surface area contributed by atoms with Crippen molar-refractivity contribution in [2.45, 2.75) is 83.0 Å². The third-order valence-electron chi connectivity index (χ3n) is 7.90. The number of benzene rings is 1. The molecule has 1 saturated heterocycles. The molecule has 0 bridgehead atoms. The van der Waals surface area contributed by atoms with Crippen molar-refractivity contribution in [2.24, 2.45) is 7.05 Å². The van der Waals surface area contributed by atoms with Crippen molar-refractivity contribution in [3.63, 3.8) is 0 Å². The molecule has 0 unspecified atom stereocenters. The third kappa shape index (κ3) is 9.97. The summed E-state index contributed by atoms with van der Waals surface area (Å²) in [4.78, 5) is 32.8. The minimum atomic E-state index is -3.70. The Bertz CT molecular complexity index is 1610. The summed E-state index contributed by atoms with van der Waals surface area (Å²) in [5.41, 5.74) is 1.75. The summed E-state index contributed by atoms with van der Waals surface area (Å²) in [6.07, 6.45) is 11.7. The first-order valence-electron chi connectivity index (χ1n) is 16.3. The van der Waals surface area contributed by atoms with Crippen LogP contribution in [0.15, 0.2) is 40.5 Å². The Balaban J connectivity index is 0.000000376. The molecule has 1 aromatic carbocycles. The fourth-order valence-corrected chi connectivity index (χ4v) is 6.81. The molecule has 12 nitrogen and oxygen atoms in total. The summed E-state index contributed by atoms with van der Waals surface area (Å²) in [7, 11) is -0.00831. The van der Waals surface area contributed by atoms with Crippen LogP contribution in [0, 0.1) is 0 Å². The molecule has 0 spiro atoms. The molecule has 2 N–H and O–H groups in total. The van der Waals surface area contributed by atoms with E-state index >= 15 is 0 Å². The van der Waals surface area contributed by atoms with Gasteiger partial charge in [0.15, 0.2) is 5.52 Å². The molecule has 3 heterocycles. The lowest BCUT2D eigenvalue weighted by molar-refractivity contribution is -0.137. The number of rotatable bonds is 16. The van der Waals surface area contributed by atoms with E-state index in [1.54, 1.807) is 25.2 Å². The van der Waals surface area contributed by atoms with Crippen LogP contribution in [-0.4, -0.2) is 88.3 Å². The average molecular weight is 659 g/mol. The summed E-state index contributed by atoms with van der Waals surface area (Å²) in [6, 6.07) is 4.71. The predicted octanol–water partition coefficient (Wildman–Crippen LogP) is 4.99. The van der Waals surface area contributed by atoms with E-state index in [2.05, 4.69) is 21.6 Å². The minimum absolute atomic E-state index is 0.147. The number of piperazine rings is 1. The molecule has 1 aliphatic rings. The molecule has 0 saturated carbocycles. The number of hydrogen-bond acceptors (Lipinski definition) is 8. The number of sulfonamides is 1. The number of allylic oxidation sites excluding steroid dienone is 1. The molecule has 4 rings (SSSR count). The maximum absolute atomic E-state index is 13.3. The molecule has 2 aromatic heterocycles. The van der Waals surface area contributed by atoms with Crippen molar-refractivity contribution in [2.75, 3.05) is 39.8 Å². The van der Waals surface area contributed by atoms with Crippen LogP contribution in [0.4, 0.5) is 0 Å². The number of hydrogen-bond donors (Lipinski definition) is 2. The predicted molar refractivity (Wildman–Crippen MR) is 181 cm³/mol. The number of nitrogens with zero attached hydrogens (tertiary/aromatic N) is 5. The van der Waals surface area contributed by atoms with Crippen molar-refractivity contribution in [3.8, 4) is 17.1 Å². The molecule has 254 valence electrons. The molecule has 0 atom stereocenters. The second kappa shape index (κ2) is 18.0. The number of ether oxygens (including phenoxy) is 1. The van der Waals surface area contributed by atoms with E-state index in [1.165, 1.54) is 34.7 Å². The van der Waals surface area contributed by atoms with Crippen LogP contribution in [0.1, 0.15) is 77.3 Å². The average Bonchev–Trinajstić information content (AvgIpc) is 3.34. The Hall–Kier alpha value is -3.55. The van der Waals surface area contributed by atoms with Crippen LogP contribution in [0.5, 0.6) is 5.75 Å². The molecule has 0 aliphatic carbocycles. The largest absolute Gasteiger partial charge is 0.493 e. The van der Waals surface area contributed by atoms with E-state index in [0.717, 1.165) is 31.4 Å². The van der Waals surface area contributed by atoms with E-state index in [9.17, 15) is 18.0 Å². The van der Waals surface area contributed by atoms with E-state index in [0.29, 0.717) is 68.0 Å². The molecular formula is C33H50N6O6S.